The van der Waals surface area contributed by atoms with Gasteiger partial charge in [-0.1, -0.05) is 36.4 Å². The largest absolute Gasteiger partial charge is 0.497 e. The van der Waals surface area contributed by atoms with Crippen molar-refractivity contribution < 1.29 is 9.53 Å². The van der Waals surface area contributed by atoms with E-state index in [4.69, 9.17) is 4.74 Å². The summed E-state index contributed by atoms with van der Waals surface area (Å²) in [6.45, 7) is 0.614. The fourth-order valence-corrected chi connectivity index (χ4v) is 2.68. The van der Waals surface area contributed by atoms with E-state index in [-0.39, 0.29) is 5.91 Å². The summed E-state index contributed by atoms with van der Waals surface area (Å²) >= 11 is 0. The van der Waals surface area contributed by atoms with Crippen LogP contribution in [-0.2, 0) is 17.6 Å². The van der Waals surface area contributed by atoms with E-state index in [9.17, 15) is 4.79 Å². The van der Waals surface area contributed by atoms with Gasteiger partial charge in [0.25, 0.3) is 0 Å². The molecule has 24 heavy (non-hydrogen) atoms. The van der Waals surface area contributed by atoms with Gasteiger partial charge in [-0.3, -0.25) is 9.78 Å². The zero-order valence-corrected chi connectivity index (χ0v) is 13.7. The van der Waals surface area contributed by atoms with Crippen LogP contribution in [0, 0.1) is 0 Å². The van der Waals surface area contributed by atoms with E-state index in [1.807, 2.05) is 54.6 Å². The van der Waals surface area contributed by atoms with Crippen molar-refractivity contribution >= 4 is 16.8 Å². The molecule has 0 aliphatic carbocycles. The van der Waals surface area contributed by atoms with Gasteiger partial charge in [0.2, 0.25) is 5.91 Å². The number of fused-ring (bicyclic) bond motifs is 1. The Morgan fingerprint density at radius 2 is 1.88 bits per heavy atom. The molecule has 0 spiro atoms. The predicted molar refractivity (Wildman–Crippen MR) is 95.2 cm³/mol. The summed E-state index contributed by atoms with van der Waals surface area (Å²) in [4.78, 5) is 16.6. The highest BCUT2D eigenvalue weighted by Gasteiger charge is 2.07. The third-order valence-electron chi connectivity index (χ3n) is 3.96. The monoisotopic (exact) mass is 320 g/mol. The Morgan fingerprint density at radius 3 is 2.67 bits per heavy atom. The normalized spacial score (nSPS) is 10.5. The van der Waals surface area contributed by atoms with Crippen LogP contribution in [-0.4, -0.2) is 24.5 Å². The lowest BCUT2D eigenvalue weighted by Crippen LogP contribution is -2.27. The minimum atomic E-state index is 0.0154. The summed E-state index contributed by atoms with van der Waals surface area (Å²) in [5, 5.41) is 4.03. The molecule has 122 valence electrons. The van der Waals surface area contributed by atoms with Gasteiger partial charge < -0.3 is 10.1 Å². The molecule has 4 nitrogen and oxygen atoms in total. The molecule has 3 rings (SSSR count). The van der Waals surface area contributed by atoms with Crippen LogP contribution >= 0.6 is 0 Å². The third kappa shape index (κ3) is 3.90. The van der Waals surface area contributed by atoms with Gasteiger partial charge >= 0.3 is 0 Å². The second-order valence-corrected chi connectivity index (χ2v) is 5.62. The Balaban J connectivity index is 1.55. The van der Waals surface area contributed by atoms with Crippen LogP contribution in [0.2, 0.25) is 0 Å². The van der Waals surface area contributed by atoms with Crippen LogP contribution in [0.4, 0.5) is 0 Å². The van der Waals surface area contributed by atoms with Gasteiger partial charge in [0, 0.05) is 18.1 Å². The second kappa shape index (κ2) is 7.59. The van der Waals surface area contributed by atoms with Crippen molar-refractivity contribution in [3.05, 3.63) is 71.9 Å². The summed E-state index contributed by atoms with van der Waals surface area (Å²) in [5.41, 5.74) is 3.02. The van der Waals surface area contributed by atoms with Gasteiger partial charge in [-0.2, -0.15) is 0 Å². The molecule has 1 amide bonds. The van der Waals surface area contributed by atoms with Crippen molar-refractivity contribution in [1.29, 1.82) is 0 Å². The summed E-state index contributed by atoms with van der Waals surface area (Å²) in [7, 11) is 1.65. The lowest BCUT2D eigenvalue weighted by molar-refractivity contribution is -0.120. The van der Waals surface area contributed by atoms with Crippen molar-refractivity contribution in [2.24, 2.45) is 0 Å². The van der Waals surface area contributed by atoms with Crippen molar-refractivity contribution in [3.8, 4) is 5.75 Å². The van der Waals surface area contributed by atoms with Crippen molar-refractivity contribution in [2.45, 2.75) is 12.8 Å². The first-order valence-electron chi connectivity index (χ1n) is 7.98. The van der Waals surface area contributed by atoms with E-state index in [0.717, 1.165) is 28.6 Å². The highest BCUT2D eigenvalue weighted by atomic mass is 16.5. The summed E-state index contributed by atoms with van der Waals surface area (Å²) in [6.07, 6.45) is 2.90. The number of rotatable bonds is 6. The number of nitrogens with zero attached hydrogens (tertiary/aromatic N) is 1. The molecule has 4 heteroatoms. The first kappa shape index (κ1) is 16.0. The highest BCUT2D eigenvalue weighted by Crippen LogP contribution is 2.16. The number of carbonyl (C=O) groups excluding carboxylic acids is 1. The van der Waals surface area contributed by atoms with Crippen LogP contribution in [0.1, 0.15) is 11.1 Å². The van der Waals surface area contributed by atoms with Crippen LogP contribution < -0.4 is 10.1 Å². The number of methoxy groups -OCH3 is 1. The molecule has 0 aliphatic heterocycles. The molecule has 0 saturated carbocycles. The van der Waals surface area contributed by atoms with E-state index >= 15 is 0 Å². The lowest BCUT2D eigenvalue weighted by Gasteiger charge is -2.08. The maximum absolute atomic E-state index is 12.2. The number of hydrogen-bond acceptors (Lipinski definition) is 3. The first-order chi connectivity index (χ1) is 11.8. The fraction of sp³-hybridized carbons (Fsp3) is 0.200. The molecule has 0 fully saturated rings. The lowest BCUT2D eigenvalue weighted by atomic mass is 10.1. The van der Waals surface area contributed by atoms with Gasteiger partial charge in [0.05, 0.1) is 19.0 Å². The number of para-hydroxylation sites is 1. The van der Waals surface area contributed by atoms with Crippen molar-refractivity contribution in [2.75, 3.05) is 13.7 Å². The minimum absolute atomic E-state index is 0.0154. The summed E-state index contributed by atoms with van der Waals surface area (Å²) < 4.78 is 5.14. The number of hydrogen-bond donors (Lipinski definition) is 1. The van der Waals surface area contributed by atoms with E-state index in [1.165, 1.54) is 5.56 Å². The number of carbonyl (C=O) groups is 1. The molecule has 0 radical (unpaired) electrons. The Morgan fingerprint density at radius 1 is 1.08 bits per heavy atom. The van der Waals surface area contributed by atoms with Gasteiger partial charge in [0.1, 0.15) is 5.75 Å². The molecule has 3 aromatic rings. The first-order valence-corrected chi connectivity index (χ1v) is 7.98. The Kier molecular flexibility index (Phi) is 5.06. The standard InChI is InChI=1S/C20H20N2O2/c1-24-18-9-7-15(8-10-18)11-13-21-19(23)14-17-5-2-4-16-6-3-12-22-20(16)17/h2-10,12H,11,13-14H2,1H3,(H,21,23). The molecule has 0 saturated heterocycles. The maximum Gasteiger partial charge on any atom is 0.224 e. The molecule has 1 heterocycles. The Hall–Kier alpha value is -2.88. The van der Waals surface area contributed by atoms with E-state index in [2.05, 4.69) is 10.3 Å². The zero-order chi connectivity index (χ0) is 16.8. The molecule has 0 unspecified atom stereocenters. The summed E-state index contributed by atoms with van der Waals surface area (Å²) in [6, 6.07) is 17.7. The molecule has 0 aliphatic rings. The number of nitrogens with one attached hydrogen (secondary N) is 1. The van der Waals surface area contributed by atoms with Crippen LogP contribution in [0.3, 0.4) is 0 Å². The molecular formula is C20H20N2O2. The maximum atomic E-state index is 12.2. The zero-order valence-electron chi connectivity index (χ0n) is 13.7. The van der Waals surface area contributed by atoms with Crippen LogP contribution in [0.15, 0.2) is 60.8 Å². The molecule has 0 bridgehead atoms. The molecule has 2 aromatic carbocycles. The Bertz CT molecular complexity index is 823. The third-order valence-corrected chi connectivity index (χ3v) is 3.96. The van der Waals surface area contributed by atoms with Gasteiger partial charge in [0.15, 0.2) is 0 Å². The second-order valence-electron chi connectivity index (χ2n) is 5.62. The smallest absolute Gasteiger partial charge is 0.224 e. The number of ether oxygens (including phenoxy) is 1. The van der Waals surface area contributed by atoms with E-state index < -0.39 is 0 Å². The molecule has 0 atom stereocenters. The molecular weight excluding hydrogens is 300 g/mol. The predicted octanol–water partition coefficient (Wildman–Crippen LogP) is 3.14. The summed E-state index contributed by atoms with van der Waals surface area (Å²) in [5.74, 6) is 0.855. The van der Waals surface area contributed by atoms with Crippen molar-refractivity contribution in [3.63, 3.8) is 0 Å². The number of pyridine rings is 1. The fourth-order valence-electron chi connectivity index (χ4n) is 2.68. The topological polar surface area (TPSA) is 51.2 Å². The SMILES string of the molecule is COc1ccc(CCNC(=O)Cc2cccc3cccnc23)cc1. The highest BCUT2D eigenvalue weighted by molar-refractivity contribution is 5.87. The van der Waals surface area contributed by atoms with Crippen LogP contribution in [0.25, 0.3) is 10.9 Å². The Labute approximate surface area is 141 Å². The van der Waals surface area contributed by atoms with Crippen LogP contribution in [0.5, 0.6) is 5.75 Å². The van der Waals surface area contributed by atoms with Gasteiger partial charge in [-0.25, -0.2) is 0 Å². The van der Waals surface area contributed by atoms with E-state index in [0.29, 0.717) is 13.0 Å². The average Bonchev–Trinajstić information content (AvgIpc) is 2.63. The van der Waals surface area contributed by atoms with Crippen molar-refractivity contribution in [1.82, 2.24) is 10.3 Å². The van der Waals surface area contributed by atoms with Gasteiger partial charge in [-0.15, -0.1) is 0 Å². The number of benzene rings is 2. The van der Waals surface area contributed by atoms with E-state index in [1.54, 1.807) is 13.3 Å². The number of aromatic nitrogens is 1. The quantitative estimate of drug-likeness (QED) is 0.759. The average molecular weight is 320 g/mol. The molecule has 1 aromatic heterocycles. The molecule has 1 N–H and O–H groups in total. The van der Waals surface area contributed by atoms with Gasteiger partial charge in [-0.05, 0) is 35.7 Å². The minimum Gasteiger partial charge on any atom is -0.497 e. The number of amides is 1.